The van der Waals surface area contributed by atoms with E-state index in [-0.39, 0.29) is 24.2 Å². The molecule has 2 aromatic carbocycles. The Kier molecular flexibility index (Phi) is 9.41. The number of hydrogen-bond acceptors (Lipinski definition) is 3. The van der Waals surface area contributed by atoms with Crippen LogP contribution in [0.25, 0.3) is 0 Å². The van der Waals surface area contributed by atoms with Crippen molar-refractivity contribution in [2.75, 3.05) is 6.54 Å². The van der Waals surface area contributed by atoms with Gasteiger partial charge >= 0.3 is 0 Å². The summed E-state index contributed by atoms with van der Waals surface area (Å²) in [6, 6.07) is 14.5. The number of hydrogen-bond donors (Lipinski definition) is 3. The van der Waals surface area contributed by atoms with Crippen molar-refractivity contribution >= 4 is 24.2 Å². The smallest absolute Gasteiger partial charge is 0.251 e. The van der Waals surface area contributed by atoms with Gasteiger partial charge in [-0.15, -0.1) is 12.4 Å². The van der Waals surface area contributed by atoms with E-state index < -0.39 is 0 Å². The molecule has 0 saturated carbocycles. The molecule has 0 heterocycles. The van der Waals surface area contributed by atoms with Crippen molar-refractivity contribution in [1.82, 2.24) is 10.6 Å². The number of unbranched alkanes of at least 4 members (excludes halogenated alkanes) is 1. The van der Waals surface area contributed by atoms with Crippen LogP contribution in [-0.2, 0) is 13.1 Å². The molecule has 2 rings (SSSR count). The molecule has 0 aromatic heterocycles. The van der Waals surface area contributed by atoms with Gasteiger partial charge in [-0.1, -0.05) is 37.6 Å². The first-order chi connectivity index (χ1) is 12.1. The van der Waals surface area contributed by atoms with Crippen LogP contribution in [0.3, 0.4) is 0 Å². The molecule has 0 aliphatic heterocycles. The van der Waals surface area contributed by atoms with Crippen molar-refractivity contribution in [2.24, 2.45) is 5.73 Å². The fourth-order valence-electron chi connectivity index (χ4n) is 2.33. The lowest BCUT2D eigenvalue weighted by atomic mass is 10.1. The molecular formula is C20H26ClN3O2. The van der Waals surface area contributed by atoms with E-state index in [0.717, 1.165) is 24.0 Å². The first-order valence-corrected chi connectivity index (χ1v) is 8.58. The Balaban J connectivity index is 0.00000338. The Bertz CT molecular complexity index is 700. The highest BCUT2D eigenvalue weighted by molar-refractivity contribution is 5.95. The molecule has 5 nitrogen and oxygen atoms in total. The Hall–Kier alpha value is -2.37. The zero-order valence-corrected chi connectivity index (χ0v) is 15.8. The third-order valence-corrected chi connectivity index (χ3v) is 3.94. The number of amides is 2. The van der Waals surface area contributed by atoms with Crippen molar-refractivity contribution < 1.29 is 9.59 Å². The number of carbonyl (C=O) groups is 2. The van der Waals surface area contributed by atoms with Crippen LogP contribution in [0, 0.1) is 0 Å². The molecule has 4 N–H and O–H groups in total. The van der Waals surface area contributed by atoms with E-state index in [1.165, 1.54) is 0 Å². The number of benzene rings is 2. The average Bonchev–Trinajstić information content (AvgIpc) is 2.66. The van der Waals surface area contributed by atoms with E-state index >= 15 is 0 Å². The molecular weight excluding hydrogens is 350 g/mol. The Labute approximate surface area is 160 Å². The first kappa shape index (κ1) is 21.7. The standard InChI is InChI=1S/C20H25N3O2.ClH/c1-2-3-12-22-19(24)17-10-6-16(7-11-17)14-23-20(25)18-8-4-15(13-21)5-9-18;/h4-11H,2-3,12-14,21H2,1H3,(H,22,24)(H,23,25);1H. The van der Waals surface area contributed by atoms with Crippen molar-refractivity contribution in [3.63, 3.8) is 0 Å². The van der Waals surface area contributed by atoms with Gasteiger partial charge in [0.05, 0.1) is 0 Å². The monoisotopic (exact) mass is 375 g/mol. The second-order valence-corrected chi connectivity index (χ2v) is 5.89. The van der Waals surface area contributed by atoms with E-state index in [9.17, 15) is 9.59 Å². The van der Waals surface area contributed by atoms with Gasteiger partial charge in [0.15, 0.2) is 0 Å². The Morgan fingerprint density at radius 3 is 1.85 bits per heavy atom. The van der Waals surface area contributed by atoms with Crippen molar-refractivity contribution in [3.05, 3.63) is 70.8 Å². The van der Waals surface area contributed by atoms with Crippen LogP contribution < -0.4 is 16.4 Å². The van der Waals surface area contributed by atoms with Crippen LogP contribution in [0.2, 0.25) is 0 Å². The summed E-state index contributed by atoms with van der Waals surface area (Å²) in [6.45, 7) is 3.65. The molecule has 6 heteroatoms. The van der Waals surface area contributed by atoms with Gasteiger partial charge in [0.2, 0.25) is 0 Å². The lowest BCUT2D eigenvalue weighted by molar-refractivity contribution is 0.0942. The minimum absolute atomic E-state index is 0. The van der Waals surface area contributed by atoms with Crippen molar-refractivity contribution in [2.45, 2.75) is 32.9 Å². The Morgan fingerprint density at radius 2 is 1.35 bits per heavy atom. The summed E-state index contributed by atoms with van der Waals surface area (Å²) in [7, 11) is 0. The van der Waals surface area contributed by atoms with Gasteiger partial charge in [-0.2, -0.15) is 0 Å². The maximum atomic E-state index is 12.1. The Morgan fingerprint density at radius 1 is 0.846 bits per heavy atom. The third kappa shape index (κ3) is 6.50. The van der Waals surface area contributed by atoms with Crippen LogP contribution >= 0.6 is 12.4 Å². The topological polar surface area (TPSA) is 84.2 Å². The predicted molar refractivity (Wildman–Crippen MR) is 106 cm³/mol. The third-order valence-electron chi connectivity index (χ3n) is 3.94. The van der Waals surface area contributed by atoms with Crippen LogP contribution in [0.5, 0.6) is 0 Å². The quantitative estimate of drug-likeness (QED) is 0.620. The van der Waals surface area contributed by atoms with Crippen LogP contribution in [0.1, 0.15) is 51.6 Å². The summed E-state index contributed by atoms with van der Waals surface area (Å²) in [5.41, 5.74) is 8.71. The number of nitrogens with two attached hydrogens (primary N) is 1. The molecule has 0 fully saturated rings. The molecule has 140 valence electrons. The molecule has 0 bridgehead atoms. The van der Waals surface area contributed by atoms with E-state index in [4.69, 9.17) is 5.73 Å². The van der Waals surface area contributed by atoms with E-state index in [2.05, 4.69) is 17.6 Å². The minimum atomic E-state index is -0.134. The van der Waals surface area contributed by atoms with E-state index in [1.807, 2.05) is 24.3 Å². The fraction of sp³-hybridized carbons (Fsp3) is 0.300. The van der Waals surface area contributed by atoms with Gasteiger partial charge in [-0.05, 0) is 41.8 Å². The number of carbonyl (C=O) groups excluding carboxylic acids is 2. The molecule has 0 unspecified atom stereocenters. The normalized spacial score (nSPS) is 9.92. The molecule has 2 aromatic rings. The maximum Gasteiger partial charge on any atom is 0.251 e. The molecule has 26 heavy (non-hydrogen) atoms. The van der Waals surface area contributed by atoms with Gasteiger partial charge in [0.25, 0.3) is 11.8 Å². The molecule has 0 aliphatic carbocycles. The highest BCUT2D eigenvalue weighted by atomic mass is 35.5. The first-order valence-electron chi connectivity index (χ1n) is 8.58. The van der Waals surface area contributed by atoms with Gasteiger partial charge in [0, 0.05) is 30.8 Å². The summed E-state index contributed by atoms with van der Waals surface area (Å²) in [4.78, 5) is 24.1. The molecule has 0 saturated heterocycles. The van der Waals surface area contributed by atoms with Crippen molar-refractivity contribution in [3.8, 4) is 0 Å². The van der Waals surface area contributed by atoms with Crippen LogP contribution in [0.4, 0.5) is 0 Å². The molecule has 0 spiro atoms. The second-order valence-electron chi connectivity index (χ2n) is 5.89. The number of nitrogens with one attached hydrogen (secondary N) is 2. The van der Waals surface area contributed by atoms with Gasteiger partial charge in [-0.25, -0.2) is 0 Å². The summed E-state index contributed by atoms with van der Waals surface area (Å²) < 4.78 is 0. The predicted octanol–water partition coefficient (Wildman–Crippen LogP) is 3.03. The largest absolute Gasteiger partial charge is 0.352 e. The van der Waals surface area contributed by atoms with Crippen LogP contribution in [0.15, 0.2) is 48.5 Å². The number of halogens is 1. The van der Waals surface area contributed by atoms with Gasteiger partial charge < -0.3 is 16.4 Å². The number of rotatable bonds is 8. The molecule has 0 aliphatic rings. The van der Waals surface area contributed by atoms with E-state index in [0.29, 0.717) is 30.8 Å². The summed E-state index contributed by atoms with van der Waals surface area (Å²) in [5, 5.41) is 5.76. The zero-order valence-electron chi connectivity index (χ0n) is 15.0. The van der Waals surface area contributed by atoms with Gasteiger partial charge in [-0.3, -0.25) is 9.59 Å². The molecule has 2 amide bonds. The lowest BCUT2D eigenvalue weighted by Gasteiger charge is -2.08. The highest BCUT2D eigenvalue weighted by Gasteiger charge is 2.07. The molecule has 0 atom stereocenters. The van der Waals surface area contributed by atoms with E-state index in [1.54, 1.807) is 24.3 Å². The highest BCUT2D eigenvalue weighted by Crippen LogP contribution is 2.07. The minimum Gasteiger partial charge on any atom is -0.352 e. The summed E-state index contributed by atoms with van der Waals surface area (Å²) >= 11 is 0. The molecule has 0 radical (unpaired) electrons. The fourth-order valence-corrected chi connectivity index (χ4v) is 2.33. The van der Waals surface area contributed by atoms with Crippen LogP contribution in [-0.4, -0.2) is 18.4 Å². The summed E-state index contributed by atoms with van der Waals surface area (Å²) in [5.74, 6) is -0.200. The lowest BCUT2D eigenvalue weighted by Crippen LogP contribution is -2.24. The maximum absolute atomic E-state index is 12.1. The van der Waals surface area contributed by atoms with Crippen molar-refractivity contribution in [1.29, 1.82) is 0 Å². The SMILES string of the molecule is CCCCNC(=O)c1ccc(CNC(=O)c2ccc(CN)cc2)cc1.Cl. The summed E-state index contributed by atoms with van der Waals surface area (Å²) in [6.07, 6.45) is 2.02. The average molecular weight is 376 g/mol. The zero-order chi connectivity index (χ0) is 18.1. The van der Waals surface area contributed by atoms with Gasteiger partial charge in [0.1, 0.15) is 0 Å². The second kappa shape index (κ2) is 11.3.